The fourth-order valence-electron chi connectivity index (χ4n) is 6.88. The van der Waals surface area contributed by atoms with Crippen molar-refractivity contribution in [2.75, 3.05) is 27.3 Å². The highest BCUT2D eigenvalue weighted by molar-refractivity contribution is 6.17. The van der Waals surface area contributed by atoms with E-state index >= 15 is 4.79 Å². The van der Waals surface area contributed by atoms with Gasteiger partial charge in [-0.3, -0.25) is 39.1 Å². The Labute approximate surface area is 254 Å². The van der Waals surface area contributed by atoms with Gasteiger partial charge in [0, 0.05) is 51.0 Å². The molecule has 12 heteroatoms. The smallest absolute Gasteiger partial charge is 0.322 e. The van der Waals surface area contributed by atoms with Crippen molar-refractivity contribution >= 4 is 17.7 Å². The second-order valence-corrected chi connectivity index (χ2v) is 10.9. The highest BCUT2D eigenvalue weighted by Crippen LogP contribution is 2.61. The Hall–Kier alpha value is -4.94. The fourth-order valence-corrected chi connectivity index (χ4v) is 6.88. The first-order valence-corrected chi connectivity index (χ1v) is 14.1. The lowest BCUT2D eigenvalue weighted by molar-refractivity contribution is -0.207. The molecule has 6 rings (SSSR count). The monoisotopic (exact) mass is 593 g/mol. The van der Waals surface area contributed by atoms with Gasteiger partial charge in [-0.1, -0.05) is 18.2 Å². The van der Waals surface area contributed by atoms with Gasteiger partial charge in [0.15, 0.2) is 16.6 Å². The Balaban J connectivity index is 1.67. The number of aromatic nitrogens is 5. The van der Waals surface area contributed by atoms with Crippen molar-refractivity contribution in [1.29, 1.82) is 0 Å². The molecule has 4 aromatic rings. The van der Waals surface area contributed by atoms with E-state index in [1.54, 1.807) is 79.4 Å². The number of pyridine rings is 3. The van der Waals surface area contributed by atoms with Gasteiger partial charge >= 0.3 is 11.9 Å². The van der Waals surface area contributed by atoms with Crippen LogP contribution in [0.1, 0.15) is 34.9 Å². The lowest BCUT2D eigenvalue weighted by atomic mass is 9.54. The zero-order valence-corrected chi connectivity index (χ0v) is 24.3. The highest BCUT2D eigenvalue weighted by atomic mass is 16.5. The number of esters is 2. The quantitative estimate of drug-likeness (QED) is 0.219. The summed E-state index contributed by atoms with van der Waals surface area (Å²) in [4.78, 5) is 61.5. The zero-order chi connectivity index (χ0) is 30.7. The summed E-state index contributed by atoms with van der Waals surface area (Å²) in [5.74, 6) is -2.15. The van der Waals surface area contributed by atoms with Crippen LogP contribution < -0.4 is 0 Å². The number of rotatable bonds is 8. The van der Waals surface area contributed by atoms with E-state index in [1.807, 2.05) is 21.9 Å². The third kappa shape index (κ3) is 4.72. The Bertz CT molecular complexity index is 1550. The molecule has 4 aromatic heterocycles. The van der Waals surface area contributed by atoms with Crippen LogP contribution in [0.15, 0.2) is 91.5 Å². The van der Waals surface area contributed by atoms with Gasteiger partial charge < -0.3 is 9.47 Å². The number of hydrogen-bond acceptors (Lipinski definition) is 12. The molecule has 0 aliphatic carbocycles. The molecule has 4 atom stereocenters. The summed E-state index contributed by atoms with van der Waals surface area (Å²) < 4.78 is 10.9. The summed E-state index contributed by atoms with van der Waals surface area (Å²) in [7, 11) is 2.49. The number of methoxy groups -OCH3 is 2. The normalized spacial score (nSPS) is 25.3. The largest absolute Gasteiger partial charge is 0.468 e. The maximum absolute atomic E-state index is 15.3. The molecule has 0 N–H and O–H groups in total. The van der Waals surface area contributed by atoms with Crippen LogP contribution in [0.5, 0.6) is 0 Å². The number of piperidine rings is 2. The van der Waals surface area contributed by atoms with Crippen molar-refractivity contribution < 1.29 is 23.9 Å². The van der Waals surface area contributed by atoms with Crippen LogP contribution in [0.3, 0.4) is 0 Å². The van der Waals surface area contributed by atoms with Crippen LogP contribution in [0.2, 0.25) is 0 Å². The molecule has 0 aromatic carbocycles. The third-order valence-electron chi connectivity index (χ3n) is 8.47. The number of Topliss-reactive ketones (excluding diaryl/α,β-unsaturated/α-hetero) is 1. The van der Waals surface area contributed by atoms with Gasteiger partial charge in [-0.25, -0.2) is 0 Å². The number of fused-ring (bicyclic) bond motifs is 2. The Kier molecular flexibility index (Phi) is 7.93. The molecule has 12 nitrogen and oxygen atoms in total. The van der Waals surface area contributed by atoms with Gasteiger partial charge in [0.05, 0.1) is 49.1 Å². The highest BCUT2D eigenvalue weighted by Gasteiger charge is 2.75. The summed E-state index contributed by atoms with van der Waals surface area (Å²) in [6.45, 7) is 0.242. The number of carbonyl (C=O) groups excluding carboxylic acids is 3. The maximum atomic E-state index is 15.3. The van der Waals surface area contributed by atoms with Crippen molar-refractivity contribution in [2.45, 2.75) is 25.2 Å². The van der Waals surface area contributed by atoms with Crippen molar-refractivity contribution in [2.24, 2.45) is 10.8 Å². The first-order chi connectivity index (χ1) is 21.5. The van der Waals surface area contributed by atoms with Crippen LogP contribution in [0.4, 0.5) is 0 Å². The van der Waals surface area contributed by atoms with E-state index in [2.05, 4.69) is 25.1 Å². The van der Waals surface area contributed by atoms with Crippen LogP contribution in [0.25, 0.3) is 0 Å². The Morgan fingerprint density at radius 3 is 1.73 bits per heavy atom. The van der Waals surface area contributed by atoms with E-state index in [1.165, 1.54) is 14.2 Å². The van der Waals surface area contributed by atoms with E-state index in [-0.39, 0.29) is 26.2 Å². The second kappa shape index (κ2) is 12.0. The van der Waals surface area contributed by atoms with Crippen LogP contribution in [0, 0.1) is 10.8 Å². The molecular formula is C32H31N7O5. The number of nitrogens with zero attached hydrogens (tertiary/aromatic N) is 7. The summed E-state index contributed by atoms with van der Waals surface area (Å²) >= 11 is 0. The number of ether oxygens (including phenoxy) is 2. The molecule has 0 saturated carbocycles. The molecule has 44 heavy (non-hydrogen) atoms. The Morgan fingerprint density at radius 2 is 1.27 bits per heavy atom. The molecule has 0 spiro atoms. The minimum absolute atomic E-state index is 0.0667. The molecule has 0 unspecified atom stereocenters. The lowest BCUT2D eigenvalue weighted by Gasteiger charge is -2.61. The number of hydrogen-bond donors (Lipinski definition) is 0. The third-order valence-corrected chi connectivity index (χ3v) is 8.47. The van der Waals surface area contributed by atoms with Gasteiger partial charge in [-0.05, 0) is 48.5 Å². The first-order valence-electron chi connectivity index (χ1n) is 14.1. The van der Waals surface area contributed by atoms with Gasteiger partial charge in [0.2, 0.25) is 0 Å². The topological polar surface area (TPSA) is 141 Å². The molecule has 0 radical (unpaired) electrons. The zero-order valence-electron chi connectivity index (χ0n) is 24.3. The Morgan fingerprint density at radius 1 is 0.727 bits per heavy atom. The van der Waals surface area contributed by atoms with Crippen molar-refractivity contribution in [3.63, 3.8) is 0 Å². The summed E-state index contributed by atoms with van der Waals surface area (Å²) in [6, 6.07) is 17.8. The summed E-state index contributed by atoms with van der Waals surface area (Å²) in [5, 5.41) is 8.23. The van der Waals surface area contributed by atoms with E-state index in [9.17, 15) is 9.59 Å². The van der Waals surface area contributed by atoms with Crippen LogP contribution in [-0.2, 0) is 36.9 Å². The average Bonchev–Trinajstić information content (AvgIpc) is 3.07. The fraction of sp³-hybridized carbons (Fsp3) is 0.312. The molecule has 2 aliphatic rings. The predicted molar refractivity (Wildman–Crippen MR) is 155 cm³/mol. The molecule has 6 heterocycles. The van der Waals surface area contributed by atoms with Gasteiger partial charge in [0.25, 0.3) is 0 Å². The molecule has 224 valence electrons. The average molecular weight is 594 g/mol. The molecule has 2 aliphatic heterocycles. The minimum atomic E-state index is -1.89. The molecule has 2 fully saturated rings. The number of carbonyl (C=O) groups is 3. The van der Waals surface area contributed by atoms with E-state index in [0.717, 1.165) is 0 Å². The SMILES string of the molecule is COC(=O)[C@]12CN(Cc3cccnn3)C[C@](C(=O)OC)(C1=O)[C@@H](c1ccccn1)N(Cc1ccccn1)[C@H]2c1ccccn1. The number of ketones is 1. The number of likely N-dealkylation sites (tertiary alicyclic amines) is 2. The van der Waals surface area contributed by atoms with Crippen LogP contribution in [-0.4, -0.2) is 80.0 Å². The van der Waals surface area contributed by atoms with E-state index in [0.29, 0.717) is 22.8 Å². The standard InChI is InChI=1S/C32H31N7O5/c1-43-29(41)31-20-38(18-23-11-9-17-36-37-23)21-32(28(31)40,30(42)44-2)27(25-13-5-8-16-35-25)39(19-22-10-3-6-14-33-22)26(31)24-12-4-7-15-34-24/h3-17,26-27H,18-21H2,1-2H3/t26-,27+,31-,32+. The van der Waals surface area contributed by atoms with Crippen LogP contribution >= 0.6 is 0 Å². The first kappa shape index (κ1) is 29.1. The lowest BCUT2D eigenvalue weighted by Crippen LogP contribution is -2.75. The van der Waals surface area contributed by atoms with Crippen molar-refractivity contribution in [3.05, 3.63) is 114 Å². The minimum Gasteiger partial charge on any atom is -0.468 e. The maximum Gasteiger partial charge on any atom is 0.322 e. The van der Waals surface area contributed by atoms with Crippen molar-refractivity contribution in [3.8, 4) is 0 Å². The molecule has 2 saturated heterocycles. The summed E-state index contributed by atoms with van der Waals surface area (Å²) in [5.41, 5.74) is -1.59. The molecule has 2 bridgehead atoms. The van der Waals surface area contributed by atoms with Gasteiger partial charge in [-0.2, -0.15) is 10.2 Å². The van der Waals surface area contributed by atoms with E-state index < -0.39 is 40.6 Å². The van der Waals surface area contributed by atoms with E-state index in [4.69, 9.17) is 9.47 Å². The van der Waals surface area contributed by atoms with Gasteiger partial charge in [0.1, 0.15) is 0 Å². The van der Waals surface area contributed by atoms with Gasteiger partial charge in [-0.15, -0.1) is 0 Å². The molecular weight excluding hydrogens is 562 g/mol. The predicted octanol–water partition coefficient (Wildman–Crippen LogP) is 2.36. The second-order valence-electron chi connectivity index (χ2n) is 10.9. The van der Waals surface area contributed by atoms with Crippen molar-refractivity contribution in [1.82, 2.24) is 34.9 Å². The molecule has 0 amide bonds. The summed E-state index contributed by atoms with van der Waals surface area (Å²) in [6.07, 6.45) is 6.46.